The first kappa shape index (κ1) is 75.1. The maximum atomic E-state index is 14.4. The van der Waals surface area contributed by atoms with Crippen molar-refractivity contribution < 1.29 is 72.9 Å². The minimum Gasteiger partial charge on any atom is -0.480 e. The molecule has 34 heteroatoms. The van der Waals surface area contributed by atoms with Gasteiger partial charge >= 0.3 is 5.97 Å². The lowest BCUT2D eigenvalue weighted by Crippen LogP contribution is -2.62. The van der Waals surface area contributed by atoms with Gasteiger partial charge in [-0.25, -0.2) is 4.79 Å². The Kier molecular flexibility index (Phi) is 33.0. The fraction of sp³-hybridized carbons (Fsp3) is 0.736. The zero-order chi connectivity index (χ0) is 65.7. The van der Waals surface area contributed by atoms with Gasteiger partial charge in [-0.3, -0.25) is 62.7 Å². The Morgan fingerprint density at radius 2 is 1.06 bits per heavy atom. The van der Waals surface area contributed by atoms with E-state index in [9.17, 15) is 72.9 Å². The number of carbonyl (C=O) groups excluding carboxylic acids is 11. The molecule has 0 radical (unpaired) electrons. The Morgan fingerprint density at radius 1 is 0.586 bits per heavy atom. The Bertz CT molecular complexity index is 2420. The van der Waals surface area contributed by atoms with Gasteiger partial charge < -0.3 is 108 Å². The van der Waals surface area contributed by atoms with Crippen LogP contribution in [0, 0.1) is 11.8 Å². The second-order valence-corrected chi connectivity index (χ2v) is 22.2. The fourth-order valence-electron chi connectivity index (χ4n) is 9.70. The van der Waals surface area contributed by atoms with Gasteiger partial charge in [0.15, 0.2) is 11.9 Å². The van der Waals surface area contributed by atoms with Gasteiger partial charge in [0.05, 0.1) is 31.7 Å². The van der Waals surface area contributed by atoms with Gasteiger partial charge in [-0.15, -0.1) is 0 Å². The van der Waals surface area contributed by atoms with Crippen LogP contribution in [0.15, 0.2) is 9.98 Å². The number of hydrogen-bond acceptors (Lipinski definition) is 18. The topological polar surface area (TPSA) is 575 Å². The number of carboxylic acids is 1. The number of nitrogens with two attached hydrogens (primary N) is 7. The van der Waals surface area contributed by atoms with Crippen LogP contribution >= 0.6 is 0 Å². The first-order valence-corrected chi connectivity index (χ1v) is 29.3. The number of aliphatic imine (C=N–C) groups is 2. The number of rotatable bonds is 39. The molecule has 2 rings (SSSR count). The van der Waals surface area contributed by atoms with E-state index in [2.05, 4.69) is 52.5 Å². The molecule has 0 aliphatic carbocycles. The lowest BCUT2D eigenvalue weighted by molar-refractivity contribution is -0.146. The number of nitrogens with one attached hydrogen (secondary N) is 8. The minimum absolute atomic E-state index is 0.00581. The SMILES string of the molecule is CC[C@H](C)[C@H](NC(=O)[C@@H]1CCCN1C(=O)[C@@H](NC(=O)[C@@H]1CCCN1C(=O)[C@H](CC(N)=O)NC(=O)[C@@H](N)CC(C)C)[C@@H](C)O)C(=O)N[C@@H](CCCCN)C(=O)N[C@@H](CCCN=C(N)N)C(=O)NCC(=O)N[C@@H](CCCN=C(N)N)C(=O)N[C@@H](CO)C(=O)O. The number of primary amides is 1. The summed E-state index contributed by atoms with van der Waals surface area (Å²) < 4.78 is 0. The summed E-state index contributed by atoms with van der Waals surface area (Å²) in [5.41, 5.74) is 39.0. The van der Waals surface area contributed by atoms with Crippen LogP contribution in [-0.4, -0.2) is 220 Å². The van der Waals surface area contributed by atoms with E-state index in [1.54, 1.807) is 13.8 Å². The van der Waals surface area contributed by atoms with E-state index < -0.39 is 163 Å². The highest BCUT2D eigenvalue weighted by atomic mass is 16.4. The molecule has 12 atom stereocenters. The number of carboxylic acid groups (broad SMARTS) is 1. The number of amides is 11. The van der Waals surface area contributed by atoms with Crippen molar-refractivity contribution in [1.82, 2.24) is 52.3 Å². The van der Waals surface area contributed by atoms with Crippen molar-refractivity contribution in [3.8, 4) is 0 Å². The molecule has 87 heavy (non-hydrogen) atoms. The molecule has 492 valence electrons. The number of hydrogen-bond donors (Lipinski definition) is 18. The molecule has 25 N–H and O–H groups in total. The number of guanidine groups is 2. The maximum Gasteiger partial charge on any atom is 0.328 e. The van der Waals surface area contributed by atoms with E-state index in [4.69, 9.17) is 40.1 Å². The standard InChI is InChI=1S/C53H95N19O15/c1-6-28(4)40(69-46(81)37-17-12-22-72(37)50(85)41(29(5)74)70-47(82)36-16-11-21-71(36)49(84)34(24-38(56)75)67-42(77)30(55)23-27(2)3)48(83)66-33(13-7-8-18-54)45(80)65-31(14-9-19-61-52(57)58)43(78)63-25-39(76)64-32(15-10-20-62-53(59)60)44(79)68-35(26-73)51(86)87/h27-37,40-41,73-74H,6-26,54-55H2,1-5H3,(H2,56,75)(H,63,78)(H,64,76)(H,65,80)(H,66,83)(H,67,77)(H,68,79)(H,69,81)(H,70,82)(H,86,87)(H4,57,58,61)(H4,59,60,62)/t28-,29+,30-,31-,32-,33-,34-,35-,36-,37-,40-,41-/m0/s1. The van der Waals surface area contributed by atoms with Gasteiger partial charge in [-0.2, -0.15) is 0 Å². The average Bonchev–Trinajstić information content (AvgIpc) is 3.87. The van der Waals surface area contributed by atoms with Crippen LogP contribution in [-0.2, 0) is 57.5 Å². The van der Waals surface area contributed by atoms with Crippen LogP contribution in [0.3, 0.4) is 0 Å². The summed E-state index contributed by atoms with van der Waals surface area (Å²) in [6.45, 7) is 6.95. The highest BCUT2D eigenvalue weighted by Crippen LogP contribution is 2.23. The molecule has 2 saturated heterocycles. The first-order valence-electron chi connectivity index (χ1n) is 29.3. The Labute approximate surface area is 505 Å². The van der Waals surface area contributed by atoms with Crippen LogP contribution in [0.25, 0.3) is 0 Å². The number of nitrogens with zero attached hydrogens (tertiary/aromatic N) is 4. The minimum atomic E-state index is -1.71. The first-order chi connectivity index (χ1) is 41.0. The molecular formula is C53H95N19O15. The zero-order valence-electron chi connectivity index (χ0n) is 50.4. The number of aliphatic carboxylic acids is 1. The second-order valence-electron chi connectivity index (χ2n) is 22.2. The molecular weight excluding hydrogens is 1140 g/mol. The number of aliphatic hydroxyl groups excluding tert-OH is 2. The smallest absolute Gasteiger partial charge is 0.328 e. The third-order valence-corrected chi connectivity index (χ3v) is 14.6. The van der Waals surface area contributed by atoms with E-state index >= 15 is 0 Å². The maximum absolute atomic E-state index is 14.4. The molecule has 0 aromatic carbocycles. The van der Waals surface area contributed by atoms with Crippen molar-refractivity contribution >= 4 is 82.9 Å². The number of carbonyl (C=O) groups is 12. The van der Waals surface area contributed by atoms with Crippen LogP contribution in [0.2, 0.25) is 0 Å². The van der Waals surface area contributed by atoms with Crippen LogP contribution < -0.4 is 82.7 Å². The third kappa shape index (κ3) is 25.9. The summed E-state index contributed by atoms with van der Waals surface area (Å²) in [4.78, 5) is 172. The molecule has 0 bridgehead atoms. The van der Waals surface area contributed by atoms with E-state index in [1.807, 2.05) is 13.8 Å². The summed E-state index contributed by atoms with van der Waals surface area (Å²) in [5, 5.41) is 49.8. The summed E-state index contributed by atoms with van der Waals surface area (Å²) in [6, 6.07) is -13.6. The van der Waals surface area contributed by atoms with Crippen LogP contribution in [0.4, 0.5) is 0 Å². The van der Waals surface area contributed by atoms with E-state index in [0.29, 0.717) is 32.1 Å². The molecule has 0 spiro atoms. The average molecular weight is 1240 g/mol. The molecule has 2 heterocycles. The summed E-state index contributed by atoms with van der Waals surface area (Å²) in [5.74, 6) is -11.9. The highest BCUT2D eigenvalue weighted by Gasteiger charge is 2.44. The van der Waals surface area contributed by atoms with Gasteiger partial charge in [0.1, 0.15) is 54.4 Å². The van der Waals surface area contributed by atoms with Crippen molar-refractivity contribution in [2.24, 2.45) is 62.0 Å². The summed E-state index contributed by atoms with van der Waals surface area (Å²) >= 11 is 0. The Balaban J connectivity index is 2.35. The predicted octanol–water partition coefficient (Wildman–Crippen LogP) is -7.53. The molecule has 0 unspecified atom stereocenters. The monoisotopic (exact) mass is 1240 g/mol. The molecule has 0 aromatic heterocycles. The molecule has 2 aliphatic heterocycles. The Hall–Kier alpha value is -7.98. The van der Waals surface area contributed by atoms with Crippen molar-refractivity contribution in [3.05, 3.63) is 0 Å². The molecule has 0 aromatic rings. The van der Waals surface area contributed by atoms with Gasteiger partial charge in [0.25, 0.3) is 0 Å². The highest BCUT2D eigenvalue weighted by molar-refractivity contribution is 6.00. The lowest BCUT2D eigenvalue weighted by Gasteiger charge is -2.33. The summed E-state index contributed by atoms with van der Waals surface area (Å²) in [6.07, 6.45) is 0.0821. The van der Waals surface area contributed by atoms with Gasteiger partial charge in [0, 0.05) is 26.2 Å². The van der Waals surface area contributed by atoms with Gasteiger partial charge in [-0.1, -0.05) is 34.1 Å². The molecule has 11 amide bonds. The fourth-order valence-corrected chi connectivity index (χ4v) is 9.70. The largest absolute Gasteiger partial charge is 0.480 e. The number of likely N-dealkylation sites (tertiary alicyclic amines) is 2. The van der Waals surface area contributed by atoms with Gasteiger partial charge in [0.2, 0.25) is 65.0 Å². The molecule has 34 nitrogen and oxygen atoms in total. The van der Waals surface area contributed by atoms with Crippen molar-refractivity contribution in [2.45, 2.75) is 191 Å². The van der Waals surface area contributed by atoms with Crippen molar-refractivity contribution in [2.75, 3.05) is 45.9 Å². The predicted molar refractivity (Wildman–Crippen MR) is 316 cm³/mol. The second kappa shape index (κ2) is 38.2. The third-order valence-electron chi connectivity index (χ3n) is 14.6. The quantitative estimate of drug-likeness (QED) is 0.0154. The van der Waals surface area contributed by atoms with Crippen LogP contribution in [0.5, 0.6) is 0 Å². The summed E-state index contributed by atoms with van der Waals surface area (Å²) in [7, 11) is 0. The van der Waals surface area contributed by atoms with E-state index in [1.165, 1.54) is 11.8 Å². The number of unbranched alkanes of at least 4 members (excludes halogenated alkanes) is 1. The van der Waals surface area contributed by atoms with Crippen LogP contribution in [0.1, 0.15) is 125 Å². The zero-order valence-corrected chi connectivity index (χ0v) is 50.4. The van der Waals surface area contributed by atoms with Crippen molar-refractivity contribution in [1.29, 1.82) is 0 Å². The number of aliphatic hydroxyl groups is 2. The van der Waals surface area contributed by atoms with E-state index in [0.717, 1.165) is 4.90 Å². The van der Waals surface area contributed by atoms with Crippen molar-refractivity contribution in [3.63, 3.8) is 0 Å². The Morgan fingerprint density at radius 3 is 1.53 bits per heavy atom. The normalized spacial score (nSPS) is 18.1. The van der Waals surface area contributed by atoms with Gasteiger partial charge in [-0.05, 0) is 102 Å². The van der Waals surface area contributed by atoms with E-state index in [-0.39, 0.29) is 102 Å². The lowest BCUT2D eigenvalue weighted by atomic mass is 9.96. The molecule has 2 fully saturated rings. The molecule has 0 saturated carbocycles. The molecule has 2 aliphatic rings.